The number of nitrogens with one attached hydrogen (secondary N) is 2. The Balaban J connectivity index is 1.73. The van der Waals surface area contributed by atoms with Gasteiger partial charge >= 0.3 is 0 Å². The van der Waals surface area contributed by atoms with Crippen LogP contribution in [-0.4, -0.2) is 36.6 Å². The van der Waals surface area contributed by atoms with Gasteiger partial charge in [-0.05, 0) is 54.9 Å². The molecule has 0 saturated heterocycles. The average Bonchev–Trinajstić information content (AvgIpc) is 2.59. The van der Waals surface area contributed by atoms with E-state index in [1.807, 2.05) is 18.2 Å². The maximum Gasteiger partial charge on any atom is 0.253 e. The Bertz CT molecular complexity index is 669. The van der Waals surface area contributed by atoms with Gasteiger partial charge in [0.15, 0.2) is 5.11 Å². The molecular weight excluding hydrogens is 318 g/mol. The van der Waals surface area contributed by atoms with Gasteiger partial charge in [-0.25, -0.2) is 0 Å². The summed E-state index contributed by atoms with van der Waals surface area (Å²) in [6.45, 7) is 0.817. The van der Waals surface area contributed by atoms with Crippen molar-refractivity contribution in [1.82, 2.24) is 10.2 Å². The first-order valence-electron chi connectivity index (χ1n) is 7.97. The van der Waals surface area contributed by atoms with Crippen LogP contribution in [0.5, 0.6) is 0 Å². The quantitative estimate of drug-likeness (QED) is 0.625. The summed E-state index contributed by atoms with van der Waals surface area (Å²) in [5, 5.41) is 6.93. The molecule has 126 valence electrons. The number of nitrogens with zero attached hydrogens (tertiary/aromatic N) is 1. The third kappa shape index (κ3) is 5.66. The molecule has 1 amide bonds. The van der Waals surface area contributed by atoms with Crippen LogP contribution in [0, 0.1) is 0 Å². The molecule has 5 heteroatoms. The molecule has 0 aliphatic carbocycles. The van der Waals surface area contributed by atoms with Crippen molar-refractivity contribution in [3.63, 3.8) is 0 Å². The van der Waals surface area contributed by atoms with Gasteiger partial charge in [0.25, 0.3) is 5.91 Å². The summed E-state index contributed by atoms with van der Waals surface area (Å²) in [7, 11) is 3.48. The van der Waals surface area contributed by atoms with E-state index < -0.39 is 0 Å². The molecule has 0 radical (unpaired) electrons. The van der Waals surface area contributed by atoms with E-state index in [4.69, 9.17) is 12.2 Å². The van der Waals surface area contributed by atoms with Gasteiger partial charge < -0.3 is 15.5 Å². The number of carbonyl (C=O) groups excluding carboxylic acids is 1. The molecule has 0 saturated carbocycles. The summed E-state index contributed by atoms with van der Waals surface area (Å²) < 4.78 is 0. The van der Waals surface area contributed by atoms with E-state index in [1.165, 1.54) is 5.56 Å². The summed E-state index contributed by atoms with van der Waals surface area (Å²) in [5.41, 5.74) is 2.86. The molecule has 0 unspecified atom stereocenters. The van der Waals surface area contributed by atoms with Crippen LogP contribution in [0.15, 0.2) is 54.6 Å². The molecule has 0 aliphatic rings. The third-order valence-electron chi connectivity index (χ3n) is 3.57. The van der Waals surface area contributed by atoms with Crippen molar-refractivity contribution in [2.45, 2.75) is 12.8 Å². The first-order valence-corrected chi connectivity index (χ1v) is 8.37. The van der Waals surface area contributed by atoms with Crippen molar-refractivity contribution in [2.24, 2.45) is 0 Å². The molecule has 0 aromatic heterocycles. The first kappa shape index (κ1) is 17.9. The second-order valence-electron chi connectivity index (χ2n) is 5.75. The summed E-state index contributed by atoms with van der Waals surface area (Å²) in [5.74, 6) is -0.0110. The minimum atomic E-state index is -0.0110. The van der Waals surface area contributed by atoms with Crippen LogP contribution < -0.4 is 10.6 Å². The lowest BCUT2D eigenvalue weighted by Gasteiger charge is -2.12. The Hall–Kier alpha value is -2.40. The second kappa shape index (κ2) is 9.03. The van der Waals surface area contributed by atoms with Crippen LogP contribution in [0.1, 0.15) is 22.3 Å². The molecule has 0 bridgehead atoms. The Labute approximate surface area is 148 Å². The van der Waals surface area contributed by atoms with E-state index >= 15 is 0 Å². The highest BCUT2D eigenvalue weighted by Crippen LogP contribution is 2.10. The van der Waals surface area contributed by atoms with Crippen molar-refractivity contribution in [1.29, 1.82) is 0 Å². The predicted molar refractivity (Wildman–Crippen MR) is 103 cm³/mol. The zero-order chi connectivity index (χ0) is 17.4. The fourth-order valence-corrected chi connectivity index (χ4v) is 2.49. The molecule has 0 heterocycles. The van der Waals surface area contributed by atoms with Gasteiger partial charge in [0.05, 0.1) is 0 Å². The molecule has 0 spiro atoms. The number of hydrogen-bond donors (Lipinski definition) is 2. The van der Waals surface area contributed by atoms with E-state index in [9.17, 15) is 4.79 Å². The van der Waals surface area contributed by atoms with E-state index in [-0.39, 0.29) is 5.91 Å². The van der Waals surface area contributed by atoms with Crippen molar-refractivity contribution < 1.29 is 4.79 Å². The number of hydrogen-bond acceptors (Lipinski definition) is 2. The zero-order valence-corrected chi connectivity index (χ0v) is 14.9. The molecule has 2 rings (SSSR count). The normalized spacial score (nSPS) is 10.1. The molecule has 0 atom stereocenters. The fourth-order valence-electron chi connectivity index (χ4n) is 2.27. The molecule has 2 aromatic rings. The highest BCUT2D eigenvalue weighted by molar-refractivity contribution is 7.80. The van der Waals surface area contributed by atoms with E-state index in [2.05, 4.69) is 34.9 Å². The van der Waals surface area contributed by atoms with Gasteiger partial charge in [0.1, 0.15) is 0 Å². The van der Waals surface area contributed by atoms with Crippen LogP contribution in [-0.2, 0) is 6.42 Å². The van der Waals surface area contributed by atoms with E-state index in [0.29, 0.717) is 10.7 Å². The van der Waals surface area contributed by atoms with Crippen molar-refractivity contribution in [3.05, 3.63) is 65.7 Å². The summed E-state index contributed by atoms with van der Waals surface area (Å²) in [6, 6.07) is 17.7. The highest BCUT2D eigenvalue weighted by atomic mass is 32.1. The summed E-state index contributed by atoms with van der Waals surface area (Å²) in [6.07, 6.45) is 2.04. The largest absolute Gasteiger partial charge is 0.362 e. The number of anilines is 1. The number of aryl methyl sites for hydroxylation is 1. The van der Waals surface area contributed by atoms with Gasteiger partial charge in [-0.15, -0.1) is 0 Å². The molecule has 4 nitrogen and oxygen atoms in total. The molecule has 0 fully saturated rings. The van der Waals surface area contributed by atoms with E-state index in [1.54, 1.807) is 31.1 Å². The number of amides is 1. The summed E-state index contributed by atoms with van der Waals surface area (Å²) >= 11 is 5.29. The highest BCUT2D eigenvalue weighted by Gasteiger charge is 2.07. The smallest absolute Gasteiger partial charge is 0.253 e. The second-order valence-corrected chi connectivity index (χ2v) is 6.16. The van der Waals surface area contributed by atoms with Crippen LogP contribution >= 0.6 is 12.2 Å². The Morgan fingerprint density at radius 3 is 2.33 bits per heavy atom. The van der Waals surface area contributed by atoms with Crippen LogP contribution in [0.4, 0.5) is 5.69 Å². The monoisotopic (exact) mass is 341 g/mol. The molecule has 2 N–H and O–H groups in total. The predicted octanol–water partition coefficient (Wildman–Crippen LogP) is 3.31. The summed E-state index contributed by atoms with van der Waals surface area (Å²) in [4.78, 5) is 13.4. The zero-order valence-electron chi connectivity index (χ0n) is 14.1. The fraction of sp³-hybridized carbons (Fsp3) is 0.263. The molecular formula is C19H23N3OS. The standard InChI is InChI=1S/C19H23N3OS/c1-22(2)18(23)16-10-12-17(13-11-16)21-19(24)20-14-6-9-15-7-4-3-5-8-15/h3-5,7-8,10-13H,6,9,14H2,1-2H3,(H2,20,21,24). The van der Waals surface area contributed by atoms with Gasteiger partial charge in [-0.1, -0.05) is 30.3 Å². The number of carbonyl (C=O) groups is 1. The Kier molecular flexibility index (Phi) is 6.75. The molecule has 0 aliphatic heterocycles. The van der Waals surface area contributed by atoms with Crippen molar-refractivity contribution >= 4 is 28.9 Å². The first-order chi connectivity index (χ1) is 11.6. The molecule has 2 aromatic carbocycles. The lowest BCUT2D eigenvalue weighted by atomic mass is 10.1. The number of benzene rings is 2. The Morgan fingerprint density at radius 2 is 1.71 bits per heavy atom. The third-order valence-corrected chi connectivity index (χ3v) is 3.81. The van der Waals surface area contributed by atoms with Gasteiger partial charge in [0.2, 0.25) is 0 Å². The van der Waals surface area contributed by atoms with Gasteiger partial charge in [0, 0.05) is 31.9 Å². The minimum Gasteiger partial charge on any atom is -0.362 e. The van der Waals surface area contributed by atoms with Crippen molar-refractivity contribution in [3.8, 4) is 0 Å². The molecule has 24 heavy (non-hydrogen) atoms. The van der Waals surface area contributed by atoms with Crippen LogP contribution in [0.3, 0.4) is 0 Å². The maximum atomic E-state index is 11.8. The topological polar surface area (TPSA) is 44.4 Å². The van der Waals surface area contributed by atoms with Crippen LogP contribution in [0.25, 0.3) is 0 Å². The average molecular weight is 341 g/mol. The van der Waals surface area contributed by atoms with Crippen LogP contribution in [0.2, 0.25) is 0 Å². The minimum absolute atomic E-state index is 0.0110. The SMILES string of the molecule is CN(C)C(=O)c1ccc(NC(=S)NCCCc2ccccc2)cc1. The number of thiocarbonyl (C=S) groups is 1. The van der Waals surface area contributed by atoms with E-state index in [0.717, 1.165) is 25.1 Å². The van der Waals surface area contributed by atoms with Gasteiger partial charge in [-0.2, -0.15) is 0 Å². The van der Waals surface area contributed by atoms with Crippen molar-refractivity contribution in [2.75, 3.05) is 26.0 Å². The maximum absolute atomic E-state index is 11.8. The Morgan fingerprint density at radius 1 is 1.04 bits per heavy atom. The van der Waals surface area contributed by atoms with Gasteiger partial charge in [-0.3, -0.25) is 4.79 Å². The lowest BCUT2D eigenvalue weighted by Crippen LogP contribution is -2.29. The number of rotatable bonds is 6. The lowest BCUT2D eigenvalue weighted by molar-refractivity contribution is 0.0827.